The second-order valence-electron chi connectivity index (χ2n) is 6.86. The summed E-state index contributed by atoms with van der Waals surface area (Å²) in [5.74, 6) is 1.24. The Morgan fingerprint density at radius 2 is 1.94 bits per heavy atom. The van der Waals surface area contributed by atoms with Crippen molar-refractivity contribution in [2.75, 3.05) is 39.3 Å². The van der Waals surface area contributed by atoms with Crippen molar-refractivity contribution in [1.82, 2.24) is 4.90 Å². The fraction of sp³-hybridized carbons (Fsp3) is 0.500. The van der Waals surface area contributed by atoms with Gasteiger partial charge in [-0.3, -0.25) is 9.69 Å². The summed E-state index contributed by atoms with van der Waals surface area (Å²) in [4.78, 5) is 32.1. The quantitative estimate of drug-likeness (QED) is 0.423. The van der Waals surface area contributed by atoms with Crippen LogP contribution < -0.4 is 9.47 Å². The van der Waals surface area contributed by atoms with Gasteiger partial charge in [0.1, 0.15) is 6.61 Å². The molecule has 1 atom stereocenters. The van der Waals surface area contributed by atoms with Crippen LogP contribution in [0.3, 0.4) is 0 Å². The number of allylic oxidation sites excluding steroid dienone is 1. The van der Waals surface area contributed by atoms with Gasteiger partial charge < -0.3 is 18.9 Å². The van der Waals surface area contributed by atoms with Crippen LogP contribution in [-0.4, -0.2) is 61.2 Å². The highest BCUT2D eigenvalue weighted by Gasteiger charge is 2.42. The Kier molecular flexibility index (Phi) is 7.97. The van der Waals surface area contributed by atoms with Gasteiger partial charge in [0.15, 0.2) is 16.7 Å². The van der Waals surface area contributed by atoms with Crippen molar-refractivity contribution in [1.29, 1.82) is 0 Å². The third-order valence-electron chi connectivity index (χ3n) is 4.83. The van der Waals surface area contributed by atoms with E-state index in [1.165, 1.54) is 18.9 Å². The van der Waals surface area contributed by atoms with Gasteiger partial charge in [0.05, 0.1) is 37.1 Å². The molecule has 0 N–H and O–H groups in total. The molecule has 1 aromatic rings. The second-order valence-corrected chi connectivity index (χ2v) is 7.92. The number of methoxy groups -OCH3 is 1. The summed E-state index contributed by atoms with van der Waals surface area (Å²) in [6, 6.07) is 4.83. The Labute approximate surface area is 186 Å². The first-order valence-electron chi connectivity index (χ1n) is 10.3. The van der Waals surface area contributed by atoms with Gasteiger partial charge in [0.25, 0.3) is 0 Å². The van der Waals surface area contributed by atoms with Crippen LogP contribution in [0.1, 0.15) is 38.8 Å². The number of esters is 1. The van der Waals surface area contributed by atoms with E-state index in [0.29, 0.717) is 53.3 Å². The first-order chi connectivity index (χ1) is 15.0. The Hall–Kier alpha value is -2.52. The Balaban J connectivity index is 2.08. The number of ether oxygens (including phenoxy) is 4. The number of nitrogens with zero attached hydrogens (tertiary/aromatic N) is 2. The predicted octanol–water partition coefficient (Wildman–Crippen LogP) is 3.32. The molecule has 31 heavy (non-hydrogen) atoms. The van der Waals surface area contributed by atoms with Crippen LogP contribution in [0, 0.1) is 0 Å². The van der Waals surface area contributed by atoms with Crippen molar-refractivity contribution in [3.63, 3.8) is 0 Å². The SMILES string of the molecule is CCOc1ccc([C@H]2C(C(=O)OCCOC)=C(C)N=C3SCCC(=O)N32)cc1OCC. The molecule has 2 aliphatic heterocycles. The average Bonchev–Trinajstić information content (AvgIpc) is 2.74. The summed E-state index contributed by atoms with van der Waals surface area (Å²) in [5.41, 5.74) is 1.60. The second kappa shape index (κ2) is 10.7. The van der Waals surface area contributed by atoms with Gasteiger partial charge in [-0.05, 0) is 38.5 Å². The highest BCUT2D eigenvalue weighted by molar-refractivity contribution is 8.14. The first kappa shape index (κ1) is 23.1. The van der Waals surface area contributed by atoms with Crippen molar-refractivity contribution >= 4 is 28.8 Å². The van der Waals surface area contributed by atoms with Crippen molar-refractivity contribution in [3.05, 3.63) is 35.0 Å². The number of amides is 1. The van der Waals surface area contributed by atoms with Crippen molar-refractivity contribution in [2.24, 2.45) is 4.99 Å². The van der Waals surface area contributed by atoms with Gasteiger partial charge in [-0.25, -0.2) is 9.79 Å². The molecule has 0 spiro atoms. The number of aliphatic imine (C=N–C) groups is 1. The van der Waals surface area contributed by atoms with E-state index in [-0.39, 0.29) is 19.1 Å². The van der Waals surface area contributed by atoms with E-state index < -0.39 is 12.0 Å². The van der Waals surface area contributed by atoms with Crippen LogP contribution >= 0.6 is 11.8 Å². The molecular weight excluding hydrogens is 420 g/mol. The number of benzene rings is 1. The van der Waals surface area contributed by atoms with Gasteiger partial charge in [-0.2, -0.15) is 0 Å². The molecule has 1 fully saturated rings. The van der Waals surface area contributed by atoms with Gasteiger partial charge in [-0.1, -0.05) is 17.8 Å². The Morgan fingerprint density at radius 3 is 2.65 bits per heavy atom. The van der Waals surface area contributed by atoms with Gasteiger partial charge in [0.2, 0.25) is 5.91 Å². The van der Waals surface area contributed by atoms with Crippen LogP contribution in [0.25, 0.3) is 0 Å². The number of rotatable bonds is 9. The zero-order valence-electron chi connectivity index (χ0n) is 18.3. The summed E-state index contributed by atoms with van der Waals surface area (Å²) in [5, 5.41) is 0.596. The lowest BCUT2D eigenvalue weighted by Crippen LogP contribution is -2.45. The topological polar surface area (TPSA) is 86.7 Å². The van der Waals surface area contributed by atoms with Crippen LogP contribution in [0.4, 0.5) is 0 Å². The molecule has 3 rings (SSSR count). The van der Waals surface area contributed by atoms with Gasteiger partial charge in [0, 0.05) is 19.3 Å². The predicted molar refractivity (Wildman–Crippen MR) is 118 cm³/mol. The zero-order valence-corrected chi connectivity index (χ0v) is 19.1. The Bertz CT molecular complexity index is 898. The van der Waals surface area contributed by atoms with Crippen molar-refractivity contribution in [2.45, 2.75) is 33.2 Å². The molecular formula is C22H28N2O6S. The molecule has 8 nitrogen and oxygen atoms in total. The smallest absolute Gasteiger partial charge is 0.338 e. The molecule has 168 valence electrons. The fourth-order valence-corrected chi connectivity index (χ4v) is 4.51. The minimum Gasteiger partial charge on any atom is -0.490 e. The van der Waals surface area contributed by atoms with Gasteiger partial charge in [-0.15, -0.1) is 0 Å². The van der Waals surface area contributed by atoms with Crippen LogP contribution in [0.5, 0.6) is 11.5 Å². The average molecular weight is 449 g/mol. The minimum atomic E-state index is -0.655. The maximum Gasteiger partial charge on any atom is 0.338 e. The van der Waals surface area contributed by atoms with E-state index >= 15 is 0 Å². The van der Waals surface area contributed by atoms with Gasteiger partial charge >= 0.3 is 5.97 Å². The van der Waals surface area contributed by atoms with E-state index in [4.69, 9.17) is 18.9 Å². The summed E-state index contributed by atoms with van der Waals surface area (Å²) in [6.45, 7) is 6.91. The molecule has 1 aromatic carbocycles. The number of fused-ring (bicyclic) bond motifs is 1. The molecule has 0 radical (unpaired) electrons. The van der Waals surface area contributed by atoms with E-state index in [2.05, 4.69) is 4.99 Å². The maximum atomic E-state index is 13.0. The molecule has 1 saturated heterocycles. The molecule has 0 unspecified atom stereocenters. The largest absolute Gasteiger partial charge is 0.490 e. The van der Waals surface area contributed by atoms with Crippen LogP contribution in [0.2, 0.25) is 0 Å². The minimum absolute atomic E-state index is 0.0796. The third-order valence-corrected chi connectivity index (χ3v) is 5.78. The molecule has 9 heteroatoms. The molecule has 2 heterocycles. The lowest BCUT2D eigenvalue weighted by atomic mass is 9.93. The lowest BCUT2D eigenvalue weighted by Gasteiger charge is -2.39. The van der Waals surface area contributed by atoms with Crippen molar-refractivity contribution in [3.8, 4) is 11.5 Å². The van der Waals surface area contributed by atoms with E-state index in [0.717, 1.165) is 5.56 Å². The first-order valence-corrected chi connectivity index (χ1v) is 11.3. The zero-order chi connectivity index (χ0) is 22.4. The van der Waals surface area contributed by atoms with Crippen LogP contribution in [0.15, 0.2) is 34.5 Å². The number of carbonyl (C=O) groups excluding carboxylic acids is 2. The number of hydrogen-bond acceptors (Lipinski definition) is 8. The number of amidine groups is 1. The summed E-state index contributed by atoms with van der Waals surface area (Å²) < 4.78 is 21.8. The third kappa shape index (κ3) is 5.04. The monoisotopic (exact) mass is 448 g/mol. The Morgan fingerprint density at radius 1 is 1.19 bits per heavy atom. The molecule has 1 amide bonds. The number of carbonyl (C=O) groups is 2. The standard InChI is InChI=1S/C22H28N2O6S/c1-5-28-16-8-7-15(13-17(16)29-6-2)20-19(21(26)30-11-10-27-4)14(3)23-22-24(20)18(25)9-12-31-22/h7-8,13,20H,5-6,9-12H2,1-4H3/t20-/m0/s1. The summed E-state index contributed by atoms with van der Waals surface area (Å²) in [7, 11) is 1.54. The fourth-order valence-electron chi connectivity index (χ4n) is 3.51. The number of thioether (sulfide) groups is 1. The maximum absolute atomic E-state index is 13.0. The van der Waals surface area contributed by atoms with E-state index in [1.54, 1.807) is 17.9 Å². The van der Waals surface area contributed by atoms with Crippen molar-refractivity contribution < 1.29 is 28.5 Å². The molecule has 0 aromatic heterocycles. The summed E-state index contributed by atoms with van der Waals surface area (Å²) >= 11 is 1.51. The molecule has 2 aliphatic rings. The number of hydrogen-bond donors (Lipinski definition) is 0. The molecule has 0 bridgehead atoms. The summed E-state index contributed by atoms with van der Waals surface area (Å²) in [6.07, 6.45) is 0.376. The van der Waals surface area contributed by atoms with E-state index in [1.807, 2.05) is 26.0 Å². The van der Waals surface area contributed by atoms with E-state index in [9.17, 15) is 9.59 Å². The van der Waals surface area contributed by atoms with Crippen LogP contribution in [-0.2, 0) is 19.1 Å². The normalized spacial score (nSPS) is 18.5. The lowest BCUT2D eigenvalue weighted by molar-refractivity contribution is -0.141. The molecule has 0 aliphatic carbocycles. The molecule has 0 saturated carbocycles. The highest BCUT2D eigenvalue weighted by atomic mass is 32.2. The highest BCUT2D eigenvalue weighted by Crippen LogP contribution is 2.42.